The lowest BCUT2D eigenvalue weighted by molar-refractivity contribution is -0.0723. The van der Waals surface area contributed by atoms with E-state index >= 15 is 0 Å². The zero-order chi connectivity index (χ0) is 25.1. The third-order valence-corrected chi connectivity index (χ3v) is 5.25. The van der Waals surface area contributed by atoms with Crippen molar-refractivity contribution < 1.29 is 32.9 Å². The van der Waals surface area contributed by atoms with Gasteiger partial charge in [-0.05, 0) is 60.0 Å². The minimum atomic E-state index is -1.07. The minimum absolute atomic E-state index is 0.0678. The molecule has 2 heterocycles. The highest BCUT2D eigenvalue weighted by Gasteiger charge is 2.50. The maximum absolute atomic E-state index is 13.0. The van der Waals surface area contributed by atoms with Crippen LogP contribution in [0.1, 0.15) is 32.0 Å². The number of carbonyl (C=O) groups is 1. The largest absolute Gasteiger partial charge is 0.508 e. The monoisotopic (exact) mass is 474 g/mol. The van der Waals surface area contributed by atoms with Crippen molar-refractivity contribution in [3.63, 3.8) is 0 Å². The fraction of sp³-hybridized carbons (Fsp3) is 0.280. The molecule has 0 bridgehead atoms. The van der Waals surface area contributed by atoms with E-state index in [1.54, 1.807) is 0 Å². The Labute approximate surface area is 195 Å². The third-order valence-electron chi connectivity index (χ3n) is 5.25. The molecule has 2 N–H and O–H groups in total. The summed E-state index contributed by atoms with van der Waals surface area (Å²) in [6.07, 6.45) is -0.0189. The lowest BCUT2D eigenvalue weighted by Crippen LogP contribution is -2.64. The van der Waals surface area contributed by atoms with Crippen LogP contribution in [0.15, 0.2) is 60.8 Å². The molecule has 0 saturated carbocycles. The summed E-state index contributed by atoms with van der Waals surface area (Å²) in [5.74, 6) is -0.656. The van der Waals surface area contributed by atoms with Gasteiger partial charge in [-0.25, -0.2) is 18.0 Å². The second kappa shape index (κ2) is 9.62. The second-order valence-corrected chi connectivity index (χ2v) is 8.96. The molecule has 1 aliphatic rings. The smallest absolute Gasteiger partial charge is 0.407 e. The number of hydrogen-bond donors (Lipinski definition) is 2. The van der Waals surface area contributed by atoms with E-state index in [0.29, 0.717) is 17.0 Å². The maximum atomic E-state index is 13.0. The van der Waals surface area contributed by atoms with Crippen LogP contribution in [0, 0.1) is 17.5 Å². The van der Waals surface area contributed by atoms with Gasteiger partial charge in [-0.3, -0.25) is 9.88 Å². The van der Waals surface area contributed by atoms with Gasteiger partial charge in [0.1, 0.15) is 29.0 Å². The molecule has 180 valence electrons. The molecule has 9 heteroatoms. The first-order chi connectivity index (χ1) is 15.9. The first kappa shape index (κ1) is 24.9. The predicted molar refractivity (Wildman–Crippen MR) is 119 cm³/mol. The summed E-state index contributed by atoms with van der Waals surface area (Å²) in [4.78, 5) is 16.1. The SMILES string of the molecule is CC(C)(C)c1cc(F)ccc1O.O=C(O)N1CC(Oc2ccc(F)cc2)(c2ccc(F)cn2)C1. The molecule has 0 spiro atoms. The van der Waals surface area contributed by atoms with E-state index in [9.17, 15) is 23.1 Å². The van der Waals surface area contributed by atoms with E-state index < -0.39 is 23.3 Å². The fourth-order valence-electron chi connectivity index (χ4n) is 3.47. The number of rotatable bonds is 3. The molecular formula is C25H25F3N2O4. The van der Waals surface area contributed by atoms with Crippen molar-refractivity contribution in [2.45, 2.75) is 31.8 Å². The number of benzene rings is 2. The number of halogens is 3. The molecule has 3 aromatic rings. The van der Waals surface area contributed by atoms with Crippen LogP contribution in [-0.4, -0.2) is 39.3 Å². The van der Waals surface area contributed by atoms with Gasteiger partial charge >= 0.3 is 6.09 Å². The summed E-state index contributed by atoms with van der Waals surface area (Å²) in [5, 5.41) is 18.4. The normalized spacial score (nSPS) is 14.5. The van der Waals surface area contributed by atoms with Crippen molar-refractivity contribution in [3.05, 3.63) is 89.5 Å². The maximum Gasteiger partial charge on any atom is 0.407 e. The Kier molecular flexibility index (Phi) is 7.04. The van der Waals surface area contributed by atoms with Gasteiger partial charge in [0.15, 0.2) is 5.60 Å². The number of ether oxygens (including phenoxy) is 1. The molecule has 1 amide bonds. The highest BCUT2D eigenvalue weighted by Crippen LogP contribution is 2.36. The molecule has 1 aliphatic heterocycles. The van der Waals surface area contributed by atoms with Crippen LogP contribution in [-0.2, 0) is 11.0 Å². The molecular weight excluding hydrogens is 449 g/mol. The van der Waals surface area contributed by atoms with Gasteiger partial charge < -0.3 is 14.9 Å². The molecule has 0 atom stereocenters. The van der Waals surface area contributed by atoms with Crippen LogP contribution in [0.25, 0.3) is 0 Å². The molecule has 2 aromatic carbocycles. The van der Waals surface area contributed by atoms with Crippen molar-refractivity contribution in [1.82, 2.24) is 9.88 Å². The topological polar surface area (TPSA) is 82.9 Å². The number of hydrogen-bond acceptors (Lipinski definition) is 4. The average Bonchev–Trinajstić information content (AvgIpc) is 2.74. The molecule has 1 aromatic heterocycles. The van der Waals surface area contributed by atoms with Crippen molar-refractivity contribution in [3.8, 4) is 11.5 Å². The molecule has 6 nitrogen and oxygen atoms in total. The van der Waals surface area contributed by atoms with Gasteiger partial charge in [0.2, 0.25) is 0 Å². The first-order valence-corrected chi connectivity index (χ1v) is 10.4. The summed E-state index contributed by atoms with van der Waals surface area (Å²) in [5.41, 5.74) is -0.144. The summed E-state index contributed by atoms with van der Waals surface area (Å²) >= 11 is 0. The number of carboxylic acid groups (broad SMARTS) is 1. The van der Waals surface area contributed by atoms with Crippen LogP contribution in [0.2, 0.25) is 0 Å². The quantitative estimate of drug-likeness (QED) is 0.527. The van der Waals surface area contributed by atoms with E-state index in [0.717, 1.165) is 11.1 Å². The van der Waals surface area contributed by atoms with Crippen LogP contribution in [0.4, 0.5) is 18.0 Å². The van der Waals surface area contributed by atoms with Gasteiger partial charge in [0, 0.05) is 5.56 Å². The Bertz CT molecular complexity index is 1140. The van der Waals surface area contributed by atoms with Crippen LogP contribution in [0.5, 0.6) is 11.5 Å². The average molecular weight is 474 g/mol. The summed E-state index contributed by atoms with van der Waals surface area (Å²) in [6.45, 7) is 5.93. The summed E-state index contributed by atoms with van der Waals surface area (Å²) in [6, 6.07) is 12.1. The zero-order valence-electron chi connectivity index (χ0n) is 18.9. The number of aromatic nitrogens is 1. The summed E-state index contributed by atoms with van der Waals surface area (Å²) in [7, 11) is 0. The van der Waals surface area contributed by atoms with Gasteiger partial charge in [-0.1, -0.05) is 20.8 Å². The van der Waals surface area contributed by atoms with E-state index in [4.69, 9.17) is 9.84 Å². The number of amides is 1. The van der Waals surface area contributed by atoms with Gasteiger partial charge in [-0.15, -0.1) is 0 Å². The van der Waals surface area contributed by atoms with Gasteiger partial charge in [0.25, 0.3) is 0 Å². The Morgan fingerprint density at radius 2 is 1.56 bits per heavy atom. The van der Waals surface area contributed by atoms with E-state index in [-0.39, 0.29) is 30.1 Å². The van der Waals surface area contributed by atoms with E-state index in [2.05, 4.69) is 4.98 Å². The standard InChI is InChI=1S/C15H12F2N2O3.C10H13FO/c16-10-1-4-12(5-2-10)22-15(8-19(9-15)14(20)21)13-6-3-11(17)7-18-13;1-10(2,3)8-6-7(11)4-5-9(8)12/h1-7H,8-9H2,(H,20,21);4-6,12H,1-3H3. The Morgan fingerprint density at radius 1 is 0.971 bits per heavy atom. The number of likely N-dealkylation sites (tertiary alicyclic amines) is 1. The number of phenolic OH excluding ortho intramolecular Hbond substituents is 1. The lowest BCUT2D eigenvalue weighted by Gasteiger charge is -2.47. The first-order valence-electron chi connectivity index (χ1n) is 10.4. The Hall–Kier alpha value is -3.75. The predicted octanol–water partition coefficient (Wildman–Crippen LogP) is 5.46. The zero-order valence-corrected chi connectivity index (χ0v) is 18.9. The number of phenols is 1. The van der Waals surface area contributed by atoms with Crippen molar-refractivity contribution in [2.75, 3.05) is 13.1 Å². The van der Waals surface area contributed by atoms with Crippen molar-refractivity contribution >= 4 is 6.09 Å². The number of aromatic hydroxyl groups is 1. The summed E-state index contributed by atoms with van der Waals surface area (Å²) < 4.78 is 44.6. The van der Waals surface area contributed by atoms with Crippen LogP contribution >= 0.6 is 0 Å². The van der Waals surface area contributed by atoms with Crippen molar-refractivity contribution in [1.29, 1.82) is 0 Å². The minimum Gasteiger partial charge on any atom is -0.508 e. The molecule has 1 saturated heterocycles. The van der Waals surface area contributed by atoms with Crippen molar-refractivity contribution in [2.24, 2.45) is 0 Å². The highest BCUT2D eigenvalue weighted by atomic mass is 19.1. The van der Waals surface area contributed by atoms with E-state index in [1.807, 2.05) is 20.8 Å². The van der Waals surface area contributed by atoms with Crippen LogP contribution < -0.4 is 4.74 Å². The highest BCUT2D eigenvalue weighted by molar-refractivity contribution is 5.67. The molecule has 0 unspecified atom stereocenters. The van der Waals surface area contributed by atoms with E-state index in [1.165, 1.54) is 54.6 Å². The van der Waals surface area contributed by atoms with Gasteiger partial charge in [0.05, 0.1) is 25.0 Å². The van der Waals surface area contributed by atoms with Gasteiger partial charge in [-0.2, -0.15) is 0 Å². The Balaban J connectivity index is 0.000000229. The molecule has 1 fully saturated rings. The molecule has 4 rings (SSSR count). The Morgan fingerprint density at radius 3 is 2.06 bits per heavy atom. The molecule has 34 heavy (non-hydrogen) atoms. The van der Waals surface area contributed by atoms with Crippen LogP contribution in [0.3, 0.4) is 0 Å². The third kappa shape index (κ3) is 5.78. The molecule has 0 radical (unpaired) electrons. The second-order valence-electron chi connectivity index (χ2n) is 8.96. The number of nitrogens with zero attached hydrogens (tertiary/aromatic N) is 2. The fourth-order valence-corrected chi connectivity index (χ4v) is 3.47. The number of pyridine rings is 1. The lowest BCUT2D eigenvalue weighted by atomic mass is 9.86. The molecule has 0 aliphatic carbocycles.